The van der Waals surface area contributed by atoms with Crippen LogP contribution in [-0.4, -0.2) is 97.8 Å². The van der Waals surface area contributed by atoms with E-state index in [4.69, 9.17) is 14.2 Å². The van der Waals surface area contributed by atoms with Crippen molar-refractivity contribution in [3.8, 4) is 0 Å². The van der Waals surface area contributed by atoms with Crippen molar-refractivity contribution in [2.75, 3.05) is 6.61 Å². The van der Waals surface area contributed by atoms with Gasteiger partial charge < -0.3 is 44.8 Å². The van der Waals surface area contributed by atoms with Crippen molar-refractivity contribution in [1.82, 2.24) is 0 Å². The molecule has 0 spiro atoms. The first-order chi connectivity index (χ1) is 22.1. The molecule has 1 saturated heterocycles. The van der Waals surface area contributed by atoms with E-state index in [-0.39, 0.29) is 46.5 Å². The summed E-state index contributed by atoms with van der Waals surface area (Å²) in [7, 11) is 0. The summed E-state index contributed by atoms with van der Waals surface area (Å²) in [5.41, 5.74) is -1.34. The molecule has 1 heterocycles. The summed E-state index contributed by atoms with van der Waals surface area (Å²) in [4.78, 5) is 11.5. The van der Waals surface area contributed by atoms with E-state index < -0.39 is 66.0 Å². The first-order valence-electron chi connectivity index (χ1n) is 18.3. The van der Waals surface area contributed by atoms with Crippen LogP contribution in [0.25, 0.3) is 0 Å². The van der Waals surface area contributed by atoms with Gasteiger partial charge in [0.2, 0.25) is 0 Å². The van der Waals surface area contributed by atoms with Crippen molar-refractivity contribution in [2.45, 2.75) is 168 Å². The van der Waals surface area contributed by atoms with E-state index >= 15 is 0 Å². The fourth-order valence-corrected chi connectivity index (χ4v) is 12.1. The molecule has 0 amide bonds. The zero-order valence-corrected chi connectivity index (χ0v) is 30.7. The highest BCUT2D eigenvalue weighted by Gasteiger charge is 2.73. The zero-order valence-electron chi connectivity index (χ0n) is 30.7. The molecule has 1 aliphatic heterocycles. The minimum Gasteiger partial charge on any atom is -0.463 e. The lowest BCUT2D eigenvalue weighted by atomic mass is 9.34. The molecule has 5 aliphatic rings. The SMILES string of the molecule is CC(=O)OC[C@H]1O[C@@H](O[C@H]2C[C@]3(C)[C@H](C[C@@H](O)[C@@H]4[C@@H]([C@](C)(O)CCC=C(C)C)CC[C@]43C)[C@@]3(C)CC[C@H](O)C(C)(C)[C@H]23)[C@H](O)[C@@H](O)[C@@H]1O. The Bertz CT molecular complexity index is 1210. The first-order valence-corrected chi connectivity index (χ1v) is 18.3. The molecular weight excluding hydrogens is 616 g/mol. The molecule has 4 aliphatic carbocycles. The Morgan fingerprint density at radius 3 is 2.23 bits per heavy atom. The molecule has 16 atom stereocenters. The fourth-order valence-electron chi connectivity index (χ4n) is 12.1. The highest BCUT2D eigenvalue weighted by Crippen LogP contribution is 2.76. The molecule has 0 aromatic heterocycles. The molecule has 4 saturated carbocycles. The number of carbonyl (C=O) groups is 1. The van der Waals surface area contributed by atoms with Crippen LogP contribution in [-0.2, 0) is 19.0 Å². The molecule has 0 unspecified atom stereocenters. The molecule has 0 aromatic rings. The molecule has 0 bridgehead atoms. The van der Waals surface area contributed by atoms with E-state index in [1.165, 1.54) is 12.5 Å². The summed E-state index contributed by atoms with van der Waals surface area (Å²) in [6.07, 6.45) is -0.946. The number of ether oxygens (including phenoxy) is 3. The average Bonchev–Trinajstić information content (AvgIpc) is 3.36. The van der Waals surface area contributed by atoms with Gasteiger partial charge in [0.25, 0.3) is 0 Å². The van der Waals surface area contributed by atoms with Crippen LogP contribution in [0.3, 0.4) is 0 Å². The maximum absolute atomic E-state index is 12.1. The van der Waals surface area contributed by atoms with Crippen LogP contribution in [0, 0.1) is 45.3 Å². The Hall–Kier alpha value is -1.11. The van der Waals surface area contributed by atoms with Crippen LogP contribution in [0.4, 0.5) is 0 Å². The van der Waals surface area contributed by atoms with Crippen LogP contribution in [0.2, 0.25) is 0 Å². The highest BCUT2D eigenvalue weighted by atomic mass is 16.7. The maximum atomic E-state index is 12.1. The summed E-state index contributed by atoms with van der Waals surface area (Å²) >= 11 is 0. The largest absolute Gasteiger partial charge is 0.463 e. The number of fused-ring (bicyclic) bond motifs is 5. The van der Waals surface area contributed by atoms with Gasteiger partial charge in [-0.25, -0.2) is 0 Å². The molecule has 10 heteroatoms. The molecular formula is C38H64O10. The van der Waals surface area contributed by atoms with Gasteiger partial charge >= 0.3 is 5.97 Å². The Balaban J connectivity index is 1.52. The third-order valence-electron chi connectivity index (χ3n) is 14.7. The van der Waals surface area contributed by atoms with Gasteiger partial charge in [-0.2, -0.15) is 0 Å². The molecule has 5 fully saturated rings. The van der Waals surface area contributed by atoms with E-state index in [1.807, 2.05) is 6.92 Å². The Labute approximate surface area is 287 Å². The third-order valence-corrected chi connectivity index (χ3v) is 14.7. The van der Waals surface area contributed by atoms with Crippen LogP contribution in [0.15, 0.2) is 11.6 Å². The van der Waals surface area contributed by atoms with Gasteiger partial charge in [-0.3, -0.25) is 4.79 Å². The van der Waals surface area contributed by atoms with Crippen LogP contribution in [0.1, 0.15) is 114 Å². The Kier molecular flexibility index (Phi) is 10.4. The molecule has 10 nitrogen and oxygen atoms in total. The lowest BCUT2D eigenvalue weighted by Gasteiger charge is -2.72. The predicted octanol–water partition coefficient (Wildman–Crippen LogP) is 3.87. The lowest BCUT2D eigenvalue weighted by molar-refractivity contribution is -0.347. The number of hydrogen-bond donors (Lipinski definition) is 6. The zero-order chi connectivity index (χ0) is 35.8. The van der Waals surface area contributed by atoms with Gasteiger partial charge in [0, 0.05) is 6.92 Å². The second-order valence-electron chi connectivity index (χ2n) is 18.1. The standard InChI is InChI=1S/C38H64O10/c1-20(2)11-10-14-38(9,45)22-12-16-36(7)28(22)23(40)17-26-35(6)15-13-27(41)34(4,5)32(35)24(18-37(26,36)8)47-33-31(44)30(43)29(42)25(48-33)19-46-21(3)39/h11,22-33,40-45H,10,12-19H2,1-9H3/t22-,23+,24-,25+,26+,27-,28-,29+,30-,31+,32-,33+,35+,36+,37+,38+/m0/s1. The van der Waals surface area contributed by atoms with Crippen LogP contribution >= 0.6 is 0 Å². The molecule has 5 rings (SSSR count). The van der Waals surface area contributed by atoms with Gasteiger partial charge in [0.1, 0.15) is 31.0 Å². The third kappa shape index (κ3) is 6.12. The smallest absolute Gasteiger partial charge is 0.302 e. The Morgan fingerprint density at radius 1 is 0.938 bits per heavy atom. The van der Waals surface area contributed by atoms with Crippen molar-refractivity contribution < 1.29 is 49.6 Å². The van der Waals surface area contributed by atoms with Gasteiger partial charge in [-0.15, -0.1) is 0 Å². The van der Waals surface area contributed by atoms with Crippen molar-refractivity contribution in [2.24, 2.45) is 45.3 Å². The van der Waals surface area contributed by atoms with E-state index in [2.05, 4.69) is 54.5 Å². The number of carbonyl (C=O) groups excluding carboxylic acids is 1. The summed E-state index contributed by atoms with van der Waals surface area (Å²) in [6.45, 7) is 18.0. The van der Waals surface area contributed by atoms with Gasteiger partial charge in [-0.1, -0.05) is 46.3 Å². The van der Waals surface area contributed by atoms with E-state index in [9.17, 15) is 35.4 Å². The minimum absolute atomic E-state index is 0.0717. The van der Waals surface area contributed by atoms with Crippen LogP contribution < -0.4 is 0 Å². The minimum atomic E-state index is -1.58. The number of esters is 1. The summed E-state index contributed by atoms with van der Waals surface area (Å²) in [5.74, 6) is -0.830. The monoisotopic (exact) mass is 680 g/mol. The summed E-state index contributed by atoms with van der Waals surface area (Å²) in [5, 5.41) is 68.1. The van der Waals surface area contributed by atoms with Gasteiger partial charge in [-0.05, 0) is 117 Å². The number of hydrogen-bond acceptors (Lipinski definition) is 10. The maximum Gasteiger partial charge on any atom is 0.302 e. The Morgan fingerprint density at radius 2 is 1.60 bits per heavy atom. The van der Waals surface area contributed by atoms with Crippen LogP contribution in [0.5, 0.6) is 0 Å². The van der Waals surface area contributed by atoms with E-state index in [1.54, 1.807) is 0 Å². The predicted molar refractivity (Wildman–Crippen MR) is 179 cm³/mol. The number of aliphatic hydroxyl groups is 6. The average molecular weight is 681 g/mol. The molecule has 276 valence electrons. The van der Waals surface area contributed by atoms with E-state index in [0.29, 0.717) is 25.7 Å². The topological polar surface area (TPSA) is 166 Å². The summed E-state index contributed by atoms with van der Waals surface area (Å²) < 4.78 is 18.0. The normalized spacial score (nSPS) is 49.6. The van der Waals surface area contributed by atoms with Crippen molar-refractivity contribution in [3.05, 3.63) is 11.6 Å². The lowest BCUT2D eigenvalue weighted by Crippen LogP contribution is -2.71. The van der Waals surface area contributed by atoms with Crippen molar-refractivity contribution in [1.29, 1.82) is 0 Å². The van der Waals surface area contributed by atoms with E-state index in [0.717, 1.165) is 25.7 Å². The molecule has 0 aromatic carbocycles. The highest BCUT2D eigenvalue weighted by molar-refractivity contribution is 5.65. The van der Waals surface area contributed by atoms with Gasteiger partial charge in [0.15, 0.2) is 6.29 Å². The quantitative estimate of drug-likeness (QED) is 0.126. The molecule has 6 N–H and O–H groups in total. The molecule has 0 radical (unpaired) electrons. The number of aliphatic hydroxyl groups excluding tert-OH is 5. The van der Waals surface area contributed by atoms with Crippen molar-refractivity contribution >= 4 is 5.97 Å². The second-order valence-corrected chi connectivity index (χ2v) is 18.1. The molecule has 48 heavy (non-hydrogen) atoms. The number of rotatable bonds is 8. The second kappa shape index (κ2) is 13.1. The van der Waals surface area contributed by atoms with Gasteiger partial charge in [0.05, 0.1) is 23.9 Å². The number of allylic oxidation sites excluding steroid dienone is 2. The van der Waals surface area contributed by atoms with Crippen molar-refractivity contribution in [3.63, 3.8) is 0 Å². The first kappa shape index (κ1) is 38.1. The fraction of sp³-hybridized carbons (Fsp3) is 0.921. The summed E-state index contributed by atoms with van der Waals surface area (Å²) in [6, 6.07) is 0.